The van der Waals surface area contributed by atoms with Crippen LogP contribution in [0.1, 0.15) is 35.8 Å². The van der Waals surface area contributed by atoms with Crippen molar-refractivity contribution in [3.8, 4) is 6.07 Å². The van der Waals surface area contributed by atoms with Gasteiger partial charge in [-0.05, 0) is 36.6 Å². The van der Waals surface area contributed by atoms with Crippen molar-refractivity contribution < 1.29 is 4.39 Å². The van der Waals surface area contributed by atoms with Crippen molar-refractivity contribution in [1.29, 1.82) is 5.26 Å². The quantitative estimate of drug-likeness (QED) is 0.858. The van der Waals surface area contributed by atoms with Crippen LogP contribution >= 0.6 is 11.8 Å². The van der Waals surface area contributed by atoms with E-state index in [9.17, 15) is 4.39 Å². The molecule has 5 nitrogen and oxygen atoms in total. The average molecular weight is 303 g/mol. The maximum atomic E-state index is 13.4. The fourth-order valence-electron chi connectivity index (χ4n) is 2.19. The van der Waals surface area contributed by atoms with E-state index in [0.29, 0.717) is 23.9 Å². The molecule has 0 spiro atoms. The first-order valence-electron chi connectivity index (χ1n) is 6.67. The first-order chi connectivity index (χ1) is 10.2. The van der Waals surface area contributed by atoms with E-state index >= 15 is 0 Å². The number of hydrogen-bond acceptors (Lipinski definition) is 5. The highest BCUT2D eigenvalue weighted by Gasteiger charge is 2.29. The molecule has 0 radical (unpaired) electrons. The Morgan fingerprint density at radius 2 is 2.19 bits per heavy atom. The lowest BCUT2D eigenvalue weighted by atomic mass is 10.1. The number of rotatable bonds is 5. The van der Waals surface area contributed by atoms with Crippen LogP contribution in [0.15, 0.2) is 23.4 Å². The van der Waals surface area contributed by atoms with E-state index in [1.807, 2.05) is 6.07 Å². The Labute approximate surface area is 126 Å². The molecule has 21 heavy (non-hydrogen) atoms. The molecule has 0 aliphatic heterocycles. The Hall–Kier alpha value is -1.91. The minimum atomic E-state index is -0.393. The van der Waals surface area contributed by atoms with Crippen LogP contribution in [0.25, 0.3) is 0 Å². The van der Waals surface area contributed by atoms with Crippen LogP contribution in [0.2, 0.25) is 0 Å². The summed E-state index contributed by atoms with van der Waals surface area (Å²) in [6.45, 7) is 0.364. The third-order valence-corrected chi connectivity index (χ3v) is 4.30. The van der Waals surface area contributed by atoms with E-state index in [1.165, 1.54) is 23.9 Å². The Morgan fingerprint density at radius 3 is 2.86 bits per heavy atom. The predicted molar refractivity (Wildman–Crippen MR) is 76.9 cm³/mol. The fraction of sp³-hybridized carbons (Fsp3) is 0.357. The predicted octanol–water partition coefficient (Wildman–Crippen LogP) is 2.37. The van der Waals surface area contributed by atoms with Gasteiger partial charge in [0, 0.05) is 11.8 Å². The second-order valence-electron chi connectivity index (χ2n) is 4.95. The van der Waals surface area contributed by atoms with Gasteiger partial charge in [0.1, 0.15) is 11.6 Å². The highest BCUT2D eigenvalue weighted by atomic mass is 32.2. The topological polar surface area (TPSA) is 80.5 Å². The van der Waals surface area contributed by atoms with Crippen LogP contribution in [0, 0.1) is 17.1 Å². The van der Waals surface area contributed by atoms with Crippen LogP contribution in [0.4, 0.5) is 4.39 Å². The summed E-state index contributed by atoms with van der Waals surface area (Å²) >= 11 is 1.49. The number of hydrogen-bond donors (Lipinski definition) is 1. The molecule has 0 unspecified atom stereocenters. The molecule has 2 N–H and O–H groups in total. The van der Waals surface area contributed by atoms with Crippen LogP contribution in [-0.4, -0.2) is 14.8 Å². The minimum Gasteiger partial charge on any atom is -0.324 e. The van der Waals surface area contributed by atoms with Gasteiger partial charge in [0.15, 0.2) is 5.16 Å². The smallest absolute Gasteiger partial charge is 0.191 e. The molecule has 3 rings (SSSR count). The molecule has 2 aromatic rings. The van der Waals surface area contributed by atoms with Gasteiger partial charge in [-0.15, -0.1) is 10.2 Å². The molecule has 1 aromatic heterocycles. The Balaban J connectivity index is 1.78. The van der Waals surface area contributed by atoms with Crippen LogP contribution < -0.4 is 5.73 Å². The van der Waals surface area contributed by atoms with E-state index in [4.69, 9.17) is 11.0 Å². The molecule has 1 aliphatic carbocycles. The van der Waals surface area contributed by atoms with Crippen LogP contribution in [-0.2, 0) is 12.3 Å². The third kappa shape index (κ3) is 3.06. The summed E-state index contributed by atoms with van der Waals surface area (Å²) in [4.78, 5) is 0. The lowest BCUT2D eigenvalue weighted by Crippen LogP contribution is -2.08. The summed E-state index contributed by atoms with van der Waals surface area (Å²) < 4.78 is 15.5. The standard InChI is InChI=1S/C14H14FN5S/c15-11-4-9(6-16)3-10(5-11)8-21-14-19-18-13(7-17)20(14)12-1-2-12/h3-5,12H,1-2,7-8,17H2. The first-order valence-corrected chi connectivity index (χ1v) is 7.66. The molecular weight excluding hydrogens is 289 g/mol. The van der Waals surface area contributed by atoms with Gasteiger partial charge in [-0.25, -0.2) is 4.39 Å². The summed E-state index contributed by atoms with van der Waals surface area (Å²) in [6.07, 6.45) is 2.24. The fourth-order valence-corrected chi connectivity index (χ4v) is 3.15. The highest BCUT2D eigenvalue weighted by molar-refractivity contribution is 7.98. The molecule has 0 amide bonds. The van der Waals surface area contributed by atoms with E-state index < -0.39 is 5.82 Å². The maximum absolute atomic E-state index is 13.4. The number of aromatic nitrogens is 3. The normalized spacial score (nSPS) is 14.1. The van der Waals surface area contributed by atoms with Crippen molar-refractivity contribution >= 4 is 11.8 Å². The van der Waals surface area contributed by atoms with E-state index in [2.05, 4.69) is 14.8 Å². The number of nitrogens with zero attached hydrogens (tertiary/aromatic N) is 4. The second-order valence-corrected chi connectivity index (χ2v) is 5.90. The summed E-state index contributed by atoms with van der Waals surface area (Å²) in [5.41, 5.74) is 6.77. The number of thioether (sulfide) groups is 1. The van der Waals surface area contributed by atoms with Gasteiger partial charge >= 0.3 is 0 Å². The summed E-state index contributed by atoms with van der Waals surface area (Å²) in [7, 11) is 0. The zero-order valence-electron chi connectivity index (χ0n) is 11.3. The lowest BCUT2D eigenvalue weighted by molar-refractivity contribution is 0.624. The SMILES string of the molecule is N#Cc1cc(F)cc(CSc2nnc(CN)n2C2CC2)c1. The monoisotopic (exact) mass is 303 g/mol. The molecule has 1 heterocycles. The van der Waals surface area contributed by atoms with Crippen molar-refractivity contribution in [3.05, 3.63) is 41.0 Å². The molecule has 1 fully saturated rings. The molecule has 7 heteroatoms. The molecule has 108 valence electrons. The van der Waals surface area contributed by atoms with Crippen molar-refractivity contribution in [2.24, 2.45) is 5.73 Å². The highest BCUT2D eigenvalue weighted by Crippen LogP contribution is 2.39. The van der Waals surface area contributed by atoms with Crippen LogP contribution in [0.3, 0.4) is 0 Å². The molecule has 1 saturated carbocycles. The van der Waals surface area contributed by atoms with E-state index in [1.54, 1.807) is 6.07 Å². The largest absolute Gasteiger partial charge is 0.324 e. The molecule has 1 aromatic carbocycles. The molecular formula is C14H14FN5S. The van der Waals surface area contributed by atoms with Crippen molar-refractivity contribution in [3.63, 3.8) is 0 Å². The molecule has 0 atom stereocenters. The van der Waals surface area contributed by atoms with Crippen molar-refractivity contribution in [1.82, 2.24) is 14.8 Å². The first kappa shape index (κ1) is 14.0. The molecule has 1 aliphatic rings. The minimum absolute atomic E-state index is 0.330. The Morgan fingerprint density at radius 1 is 1.38 bits per heavy atom. The zero-order chi connectivity index (χ0) is 14.8. The Kier molecular flexibility index (Phi) is 3.90. The number of nitrogens with two attached hydrogens (primary N) is 1. The van der Waals surface area contributed by atoms with Gasteiger partial charge in [-0.2, -0.15) is 5.26 Å². The van der Waals surface area contributed by atoms with Gasteiger partial charge < -0.3 is 10.3 Å². The van der Waals surface area contributed by atoms with Gasteiger partial charge in [-0.3, -0.25) is 0 Å². The van der Waals surface area contributed by atoms with Crippen molar-refractivity contribution in [2.75, 3.05) is 0 Å². The summed E-state index contributed by atoms with van der Waals surface area (Å²) in [5, 5.41) is 17.9. The molecule has 0 saturated heterocycles. The lowest BCUT2D eigenvalue weighted by Gasteiger charge is -2.07. The maximum Gasteiger partial charge on any atom is 0.191 e. The van der Waals surface area contributed by atoms with Gasteiger partial charge in [0.05, 0.1) is 18.2 Å². The summed E-state index contributed by atoms with van der Waals surface area (Å²) in [6, 6.07) is 6.77. The van der Waals surface area contributed by atoms with Crippen molar-refractivity contribution in [2.45, 2.75) is 36.3 Å². The zero-order valence-corrected chi connectivity index (χ0v) is 12.1. The third-order valence-electron chi connectivity index (χ3n) is 3.28. The van der Waals surface area contributed by atoms with Gasteiger partial charge in [0.25, 0.3) is 0 Å². The molecule has 0 bridgehead atoms. The van der Waals surface area contributed by atoms with Gasteiger partial charge in [0.2, 0.25) is 0 Å². The number of halogens is 1. The second kappa shape index (κ2) is 5.84. The van der Waals surface area contributed by atoms with E-state index in [-0.39, 0.29) is 0 Å². The Bertz CT molecular complexity index is 702. The van der Waals surface area contributed by atoms with E-state index in [0.717, 1.165) is 29.4 Å². The van der Waals surface area contributed by atoms with Crippen LogP contribution in [0.5, 0.6) is 0 Å². The summed E-state index contributed by atoms with van der Waals surface area (Å²) in [5.74, 6) is 0.940. The van der Waals surface area contributed by atoms with Gasteiger partial charge in [-0.1, -0.05) is 11.8 Å². The number of benzene rings is 1. The number of nitriles is 1. The average Bonchev–Trinajstić information content (AvgIpc) is 3.24.